The van der Waals surface area contributed by atoms with Gasteiger partial charge in [0.25, 0.3) is 5.91 Å². The number of rotatable bonds is 7. The number of benzene rings is 2. The first-order valence-electron chi connectivity index (χ1n) is 12.8. The SMILES string of the molecule is CC1(C)NC(=O)c2ccc(Nc3cc(N[C@H](CO)c4ccccc4)c(C4=NC5(CCOC5)CO4)cn3)cc21. The van der Waals surface area contributed by atoms with E-state index in [0.717, 1.165) is 34.5 Å². The van der Waals surface area contributed by atoms with Crippen LogP contribution in [0.3, 0.4) is 0 Å². The Bertz CT molecular complexity index is 1400. The molecular formula is C29H31N5O4. The number of aliphatic imine (C=N–C) groups is 1. The van der Waals surface area contributed by atoms with Gasteiger partial charge in [-0.1, -0.05) is 30.3 Å². The second-order valence-electron chi connectivity index (χ2n) is 10.6. The molecule has 0 aliphatic carbocycles. The molecule has 0 saturated carbocycles. The number of fused-ring (bicyclic) bond motifs is 1. The number of hydrogen-bond donors (Lipinski definition) is 4. The van der Waals surface area contributed by atoms with Crippen molar-refractivity contribution in [2.24, 2.45) is 4.99 Å². The highest BCUT2D eigenvalue weighted by Gasteiger charge is 2.41. The van der Waals surface area contributed by atoms with Gasteiger partial charge in [0.2, 0.25) is 5.90 Å². The molecule has 1 unspecified atom stereocenters. The van der Waals surface area contributed by atoms with Gasteiger partial charge >= 0.3 is 0 Å². The van der Waals surface area contributed by atoms with Crippen molar-refractivity contribution in [3.05, 3.63) is 83.0 Å². The summed E-state index contributed by atoms with van der Waals surface area (Å²) in [6, 6.07) is 17.0. The minimum absolute atomic E-state index is 0.0655. The number of amides is 1. The molecule has 4 heterocycles. The van der Waals surface area contributed by atoms with Crippen LogP contribution in [0, 0.1) is 0 Å². The number of aliphatic hydroxyl groups excluding tert-OH is 1. The quantitative estimate of drug-likeness (QED) is 0.379. The van der Waals surface area contributed by atoms with Gasteiger partial charge in [-0.2, -0.15) is 0 Å². The number of anilines is 3. The summed E-state index contributed by atoms with van der Waals surface area (Å²) >= 11 is 0. The van der Waals surface area contributed by atoms with Gasteiger partial charge in [0.15, 0.2) is 0 Å². The number of aliphatic hydroxyl groups is 1. The number of carbonyl (C=O) groups is 1. The molecule has 0 bridgehead atoms. The molecule has 38 heavy (non-hydrogen) atoms. The standard InChI is InChI=1S/C29H31N5O4/c1-28(2)22-12-19(8-9-20(22)26(36)33-28)31-25-13-23(32-24(15-35)18-6-4-3-5-7-18)21(14-30-25)27-34-29(17-38-27)10-11-37-16-29/h3-9,12-14,24,35H,10-11,15-17H2,1-2H3,(H,33,36)(H2,30,31,32)/t24-,29?/m1/s1. The number of aromatic nitrogens is 1. The second kappa shape index (κ2) is 9.41. The van der Waals surface area contributed by atoms with Crippen LogP contribution >= 0.6 is 0 Å². The zero-order valence-electron chi connectivity index (χ0n) is 21.5. The van der Waals surface area contributed by atoms with Gasteiger partial charge in [0, 0.05) is 36.5 Å². The number of nitrogens with one attached hydrogen (secondary N) is 3. The zero-order chi connectivity index (χ0) is 26.3. The molecule has 9 nitrogen and oxygen atoms in total. The molecule has 1 fully saturated rings. The number of nitrogens with zero attached hydrogens (tertiary/aromatic N) is 2. The van der Waals surface area contributed by atoms with Crippen LogP contribution in [0.2, 0.25) is 0 Å². The lowest BCUT2D eigenvalue weighted by Crippen LogP contribution is -2.32. The van der Waals surface area contributed by atoms with Gasteiger partial charge < -0.3 is 30.5 Å². The fourth-order valence-corrected chi connectivity index (χ4v) is 5.24. The Morgan fingerprint density at radius 1 is 1.11 bits per heavy atom. The van der Waals surface area contributed by atoms with E-state index in [-0.39, 0.29) is 24.1 Å². The van der Waals surface area contributed by atoms with Gasteiger partial charge in [-0.15, -0.1) is 0 Å². The maximum atomic E-state index is 12.3. The molecule has 6 rings (SSSR count). The van der Waals surface area contributed by atoms with Crippen LogP contribution in [0.25, 0.3) is 0 Å². The normalized spacial score (nSPS) is 22.0. The lowest BCUT2D eigenvalue weighted by atomic mass is 9.94. The van der Waals surface area contributed by atoms with E-state index in [9.17, 15) is 9.90 Å². The van der Waals surface area contributed by atoms with Gasteiger partial charge in [0.1, 0.15) is 18.0 Å². The molecular weight excluding hydrogens is 482 g/mol. The zero-order valence-corrected chi connectivity index (χ0v) is 21.5. The molecule has 1 spiro atoms. The maximum absolute atomic E-state index is 12.3. The van der Waals surface area contributed by atoms with Gasteiger partial charge in [-0.05, 0) is 43.2 Å². The van der Waals surface area contributed by atoms with E-state index < -0.39 is 5.54 Å². The Hall–Kier alpha value is -3.95. The summed E-state index contributed by atoms with van der Waals surface area (Å²) in [5.74, 6) is 1.06. The van der Waals surface area contributed by atoms with E-state index in [1.807, 2.05) is 68.4 Å². The van der Waals surface area contributed by atoms with Crippen molar-refractivity contribution < 1.29 is 19.4 Å². The third-order valence-corrected chi connectivity index (χ3v) is 7.38. The van der Waals surface area contributed by atoms with Gasteiger partial charge in [0.05, 0.1) is 36.0 Å². The summed E-state index contributed by atoms with van der Waals surface area (Å²) in [6.07, 6.45) is 2.56. The Kier molecular flexibility index (Phi) is 6.04. The van der Waals surface area contributed by atoms with Crippen molar-refractivity contribution in [3.63, 3.8) is 0 Å². The Balaban J connectivity index is 1.34. The van der Waals surface area contributed by atoms with Crippen molar-refractivity contribution in [3.8, 4) is 0 Å². The van der Waals surface area contributed by atoms with Crippen LogP contribution in [0.5, 0.6) is 0 Å². The molecule has 2 aromatic carbocycles. The van der Waals surface area contributed by atoms with Gasteiger partial charge in [-0.25, -0.2) is 9.98 Å². The summed E-state index contributed by atoms with van der Waals surface area (Å²) in [7, 11) is 0. The van der Waals surface area contributed by atoms with Gasteiger partial charge in [-0.3, -0.25) is 4.79 Å². The smallest absolute Gasteiger partial charge is 0.252 e. The molecule has 196 valence electrons. The second-order valence-corrected chi connectivity index (χ2v) is 10.6. The maximum Gasteiger partial charge on any atom is 0.252 e. The summed E-state index contributed by atoms with van der Waals surface area (Å²) in [5.41, 5.74) is 4.05. The minimum atomic E-state index is -0.448. The van der Waals surface area contributed by atoms with E-state index in [2.05, 4.69) is 20.9 Å². The highest BCUT2D eigenvalue weighted by molar-refractivity contribution is 6.01. The number of carbonyl (C=O) groups excluding carboxylic acids is 1. The van der Waals surface area contributed by atoms with Crippen LogP contribution in [-0.4, -0.2) is 53.9 Å². The van der Waals surface area contributed by atoms with Crippen molar-refractivity contribution in [2.45, 2.75) is 37.4 Å². The first-order valence-corrected chi connectivity index (χ1v) is 12.8. The molecule has 9 heteroatoms. The Morgan fingerprint density at radius 2 is 1.95 bits per heavy atom. The highest BCUT2D eigenvalue weighted by Crippen LogP contribution is 2.35. The predicted octanol–water partition coefficient (Wildman–Crippen LogP) is 3.89. The number of ether oxygens (including phenoxy) is 2. The van der Waals surface area contributed by atoms with E-state index in [1.54, 1.807) is 6.20 Å². The lowest BCUT2D eigenvalue weighted by Gasteiger charge is -2.21. The molecule has 1 amide bonds. The van der Waals surface area contributed by atoms with E-state index in [1.165, 1.54) is 0 Å². The molecule has 3 aromatic rings. The first-order chi connectivity index (χ1) is 18.4. The molecule has 1 aromatic heterocycles. The molecule has 4 N–H and O–H groups in total. The van der Waals surface area contributed by atoms with Crippen LogP contribution in [-0.2, 0) is 15.0 Å². The van der Waals surface area contributed by atoms with Crippen LogP contribution in [0.1, 0.15) is 53.4 Å². The average molecular weight is 514 g/mol. The largest absolute Gasteiger partial charge is 0.475 e. The molecule has 2 atom stereocenters. The fourth-order valence-electron chi connectivity index (χ4n) is 5.24. The Morgan fingerprint density at radius 3 is 2.71 bits per heavy atom. The van der Waals surface area contributed by atoms with E-state index >= 15 is 0 Å². The van der Waals surface area contributed by atoms with Crippen LogP contribution in [0.4, 0.5) is 17.2 Å². The number of pyridine rings is 1. The van der Waals surface area contributed by atoms with Crippen molar-refractivity contribution in [1.29, 1.82) is 0 Å². The first kappa shape index (κ1) is 24.4. The third-order valence-electron chi connectivity index (χ3n) is 7.38. The molecule has 3 aliphatic heterocycles. The van der Waals surface area contributed by atoms with Crippen molar-refractivity contribution >= 4 is 29.0 Å². The monoisotopic (exact) mass is 513 g/mol. The summed E-state index contributed by atoms with van der Waals surface area (Å²) in [5, 5.41) is 20.1. The third kappa shape index (κ3) is 4.48. The fraction of sp³-hybridized carbons (Fsp3) is 0.345. The van der Waals surface area contributed by atoms with E-state index in [0.29, 0.717) is 37.1 Å². The van der Waals surface area contributed by atoms with Crippen molar-refractivity contribution in [2.75, 3.05) is 37.1 Å². The Labute approximate surface area is 221 Å². The van der Waals surface area contributed by atoms with Crippen LogP contribution in [0.15, 0.2) is 65.8 Å². The molecule has 3 aliphatic rings. The summed E-state index contributed by atoms with van der Waals surface area (Å²) in [6.45, 7) is 5.56. The minimum Gasteiger partial charge on any atom is -0.475 e. The highest BCUT2D eigenvalue weighted by atomic mass is 16.5. The molecule has 1 saturated heterocycles. The summed E-state index contributed by atoms with van der Waals surface area (Å²) in [4.78, 5) is 21.9. The number of hydrogen-bond acceptors (Lipinski definition) is 8. The average Bonchev–Trinajstić information content (AvgIpc) is 3.62. The molecule has 0 radical (unpaired) electrons. The topological polar surface area (TPSA) is 117 Å². The van der Waals surface area contributed by atoms with Crippen molar-refractivity contribution in [1.82, 2.24) is 10.3 Å². The predicted molar refractivity (Wildman–Crippen MR) is 145 cm³/mol. The van der Waals surface area contributed by atoms with E-state index in [4.69, 9.17) is 14.5 Å². The lowest BCUT2D eigenvalue weighted by molar-refractivity contribution is 0.0940. The van der Waals surface area contributed by atoms with Crippen LogP contribution < -0.4 is 16.0 Å². The summed E-state index contributed by atoms with van der Waals surface area (Å²) < 4.78 is 11.6.